The SMILES string of the molecule is CC1CCCC(N)(c2nnc(N)n2N)C1. The van der Waals surface area contributed by atoms with Crippen LogP contribution in [0.25, 0.3) is 0 Å². The minimum absolute atomic E-state index is 0.216. The Hall–Kier alpha value is -1.30. The van der Waals surface area contributed by atoms with Crippen molar-refractivity contribution >= 4 is 5.95 Å². The summed E-state index contributed by atoms with van der Waals surface area (Å²) < 4.78 is 1.30. The van der Waals surface area contributed by atoms with Gasteiger partial charge >= 0.3 is 0 Å². The molecule has 1 heterocycles. The monoisotopic (exact) mass is 210 g/mol. The van der Waals surface area contributed by atoms with E-state index in [0.29, 0.717) is 11.7 Å². The van der Waals surface area contributed by atoms with Gasteiger partial charge in [0.1, 0.15) is 0 Å². The van der Waals surface area contributed by atoms with E-state index < -0.39 is 5.54 Å². The van der Waals surface area contributed by atoms with E-state index >= 15 is 0 Å². The molecule has 1 aliphatic rings. The van der Waals surface area contributed by atoms with Crippen LogP contribution in [0.5, 0.6) is 0 Å². The van der Waals surface area contributed by atoms with Gasteiger partial charge in [-0.15, -0.1) is 10.2 Å². The number of rotatable bonds is 1. The van der Waals surface area contributed by atoms with Gasteiger partial charge < -0.3 is 17.3 Å². The van der Waals surface area contributed by atoms with Crippen LogP contribution in [0, 0.1) is 5.92 Å². The molecule has 6 heteroatoms. The molecule has 2 atom stereocenters. The summed E-state index contributed by atoms with van der Waals surface area (Å²) in [5, 5.41) is 7.73. The molecule has 0 radical (unpaired) electrons. The molecule has 0 bridgehead atoms. The second-order valence-corrected chi connectivity index (χ2v) is 4.61. The molecule has 6 N–H and O–H groups in total. The van der Waals surface area contributed by atoms with Gasteiger partial charge in [-0.05, 0) is 18.8 Å². The average Bonchev–Trinajstić information content (AvgIpc) is 2.47. The average molecular weight is 210 g/mol. The third-order valence-corrected chi connectivity index (χ3v) is 3.20. The molecule has 15 heavy (non-hydrogen) atoms. The second kappa shape index (κ2) is 3.37. The Labute approximate surface area is 88.8 Å². The van der Waals surface area contributed by atoms with E-state index in [1.807, 2.05) is 0 Å². The van der Waals surface area contributed by atoms with Gasteiger partial charge in [0, 0.05) is 0 Å². The molecule has 6 nitrogen and oxygen atoms in total. The summed E-state index contributed by atoms with van der Waals surface area (Å²) in [6, 6.07) is 0. The van der Waals surface area contributed by atoms with Crippen molar-refractivity contribution in [3.05, 3.63) is 5.82 Å². The molecule has 0 aliphatic heterocycles. The van der Waals surface area contributed by atoms with Crippen molar-refractivity contribution in [1.29, 1.82) is 0 Å². The molecule has 1 aromatic heterocycles. The van der Waals surface area contributed by atoms with Gasteiger partial charge in [-0.1, -0.05) is 19.8 Å². The van der Waals surface area contributed by atoms with E-state index in [4.69, 9.17) is 17.3 Å². The highest BCUT2D eigenvalue weighted by molar-refractivity contribution is 5.21. The standard InChI is InChI=1S/C9H18N6/c1-6-3-2-4-9(11,5-6)7-13-14-8(10)15(7)12/h6H,2-5,11-12H2,1H3,(H2,10,14). The fourth-order valence-electron chi connectivity index (χ4n) is 2.44. The fraction of sp³-hybridized carbons (Fsp3) is 0.778. The van der Waals surface area contributed by atoms with Crippen molar-refractivity contribution in [2.45, 2.75) is 38.1 Å². The summed E-state index contributed by atoms with van der Waals surface area (Å²) in [6.45, 7) is 2.20. The lowest BCUT2D eigenvalue weighted by Crippen LogP contribution is -2.44. The van der Waals surface area contributed by atoms with Crippen LogP contribution in [-0.4, -0.2) is 14.9 Å². The lowest BCUT2D eigenvalue weighted by molar-refractivity contribution is 0.225. The van der Waals surface area contributed by atoms with Gasteiger partial charge in [-0.3, -0.25) is 0 Å². The molecule has 0 aromatic carbocycles. The van der Waals surface area contributed by atoms with Crippen molar-refractivity contribution in [3.8, 4) is 0 Å². The molecule has 2 rings (SSSR count). The first-order valence-corrected chi connectivity index (χ1v) is 5.28. The van der Waals surface area contributed by atoms with Crippen LogP contribution in [0.2, 0.25) is 0 Å². The van der Waals surface area contributed by atoms with Gasteiger partial charge in [0.2, 0.25) is 5.95 Å². The highest BCUT2D eigenvalue weighted by Gasteiger charge is 2.37. The van der Waals surface area contributed by atoms with Crippen molar-refractivity contribution in [1.82, 2.24) is 14.9 Å². The Balaban J connectivity index is 2.32. The molecular formula is C9H18N6. The van der Waals surface area contributed by atoms with Crippen molar-refractivity contribution in [2.24, 2.45) is 11.7 Å². The highest BCUT2D eigenvalue weighted by atomic mass is 15.5. The van der Waals surface area contributed by atoms with E-state index in [-0.39, 0.29) is 5.95 Å². The summed E-state index contributed by atoms with van der Waals surface area (Å²) >= 11 is 0. The third-order valence-electron chi connectivity index (χ3n) is 3.20. The smallest absolute Gasteiger partial charge is 0.240 e. The zero-order chi connectivity index (χ0) is 11.1. The van der Waals surface area contributed by atoms with Gasteiger partial charge in [-0.2, -0.15) is 0 Å². The van der Waals surface area contributed by atoms with Crippen molar-refractivity contribution in [2.75, 3.05) is 11.6 Å². The number of nitrogens with zero attached hydrogens (tertiary/aromatic N) is 3. The molecule has 0 amide bonds. The summed E-state index contributed by atoms with van der Waals surface area (Å²) in [5.41, 5.74) is 11.4. The van der Waals surface area contributed by atoms with Gasteiger partial charge in [0.15, 0.2) is 5.82 Å². The quantitative estimate of drug-likeness (QED) is 0.562. The summed E-state index contributed by atoms with van der Waals surface area (Å²) in [4.78, 5) is 0. The van der Waals surface area contributed by atoms with Crippen LogP contribution >= 0.6 is 0 Å². The summed E-state index contributed by atoms with van der Waals surface area (Å²) in [5.74, 6) is 7.17. The lowest BCUT2D eigenvalue weighted by Gasteiger charge is -2.35. The number of anilines is 1. The molecular weight excluding hydrogens is 192 g/mol. The molecule has 84 valence electrons. The summed E-state index contributed by atoms with van der Waals surface area (Å²) in [6.07, 6.45) is 4.10. The van der Waals surface area contributed by atoms with Crippen molar-refractivity contribution < 1.29 is 0 Å². The maximum atomic E-state index is 6.33. The zero-order valence-corrected chi connectivity index (χ0v) is 8.98. The maximum Gasteiger partial charge on any atom is 0.240 e. The normalized spacial score (nSPS) is 31.7. The van der Waals surface area contributed by atoms with Crippen LogP contribution in [-0.2, 0) is 5.54 Å². The van der Waals surface area contributed by atoms with Crippen LogP contribution in [0.15, 0.2) is 0 Å². The minimum atomic E-state index is -0.461. The van der Waals surface area contributed by atoms with Gasteiger partial charge in [-0.25, -0.2) is 4.68 Å². The number of nitrogens with two attached hydrogens (primary N) is 3. The number of hydrogen-bond donors (Lipinski definition) is 3. The van der Waals surface area contributed by atoms with Crippen LogP contribution in [0.3, 0.4) is 0 Å². The molecule has 0 saturated heterocycles. The van der Waals surface area contributed by atoms with Gasteiger partial charge in [0.05, 0.1) is 5.54 Å². The largest absolute Gasteiger partial charge is 0.366 e. The van der Waals surface area contributed by atoms with Gasteiger partial charge in [0.25, 0.3) is 0 Å². The number of aromatic nitrogens is 3. The highest BCUT2D eigenvalue weighted by Crippen LogP contribution is 2.36. The van der Waals surface area contributed by atoms with E-state index in [2.05, 4.69) is 17.1 Å². The molecule has 2 unspecified atom stereocenters. The molecule has 0 spiro atoms. The molecule has 1 fully saturated rings. The van der Waals surface area contributed by atoms with Crippen LogP contribution in [0.1, 0.15) is 38.4 Å². The minimum Gasteiger partial charge on any atom is -0.366 e. The number of hydrogen-bond acceptors (Lipinski definition) is 5. The van der Waals surface area contributed by atoms with Crippen LogP contribution < -0.4 is 17.3 Å². The maximum absolute atomic E-state index is 6.33. The van der Waals surface area contributed by atoms with E-state index in [1.54, 1.807) is 0 Å². The molecule has 1 aromatic rings. The van der Waals surface area contributed by atoms with E-state index in [1.165, 1.54) is 11.1 Å². The summed E-state index contributed by atoms with van der Waals surface area (Å²) in [7, 11) is 0. The first-order chi connectivity index (χ1) is 7.03. The Morgan fingerprint density at radius 2 is 2.20 bits per heavy atom. The lowest BCUT2D eigenvalue weighted by atomic mass is 9.76. The predicted octanol–water partition coefficient (Wildman–Crippen LogP) is -0.0618. The Bertz CT molecular complexity index is 359. The fourth-order valence-corrected chi connectivity index (χ4v) is 2.44. The first-order valence-electron chi connectivity index (χ1n) is 5.28. The second-order valence-electron chi connectivity index (χ2n) is 4.61. The Kier molecular flexibility index (Phi) is 2.30. The van der Waals surface area contributed by atoms with E-state index in [9.17, 15) is 0 Å². The third kappa shape index (κ3) is 1.65. The Morgan fingerprint density at radius 3 is 2.73 bits per heavy atom. The molecule has 1 saturated carbocycles. The van der Waals surface area contributed by atoms with Crippen LogP contribution in [0.4, 0.5) is 5.95 Å². The van der Waals surface area contributed by atoms with E-state index in [0.717, 1.165) is 19.3 Å². The predicted molar refractivity (Wildman–Crippen MR) is 58.1 cm³/mol. The number of nitrogen functional groups attached to an aromatic ring is 2. The topological polar surface area (TPSA) is 109 Å². The van der Waals surface area contributed by atoms with Crippen molar-refractivity contribution in [3.63, 3.8) is 0 Å². The Morgan fingerprint density at radius 1 is 1.47 bits per heavy atom. The molecule has 1 aliphatic carbocycles. The zero-order valence-electron chi connectivity index (χ0n) is 8.98. The first kappa shape index (κ1) is 10.2.